The first kappa shape index (κ1) is 15.0. The van der Waals surface area contributed by atoms with E-state index in [1.165, 1.54) is 5.56 Å². The number of nitrogens with one attached hydrogen (secondary N) is 1. The van der Waals surface area contributed by atoms with Gasteiger partial charge in [0.1, 0.15) is 0 Å². The number of benzene rings is 1. The maximum absolute atomic E-state index is 12.2. The minimum absolute atomic E-state index is 0.0705. The largest absolute Gasteiger partial charge is 0.389 e. The SMILES string of the molecule is CNC(CCC(F)(F)F)c1ccc(C(C)C)cc1. The summed E-state index contributed by atoms with van der Waals surface area (Å²) in [5, 5.41) is 2.94. The Morgan fingerprint density at radius 1 is 1.06 bits per heavy atom. The number of alkyl halides is 3. The van der Waals surface area contributed by atoms with Gasteiger partial charge in [-0.25, -0.2) is 0 Å². The predicted molar refractivity (Wildman–Crippen MR) is 67.6 cm³/mol. The highest BCUT2D eigenvalue weighted by molar-refractivity contribution is 5.26. The van der Waals surface area contributed by atoms with Crippen LogP contribution in [-0.2, 0) is 0 Å². The van der Waals surface area contributed by atoms with Gasteiger partial charge in [0.05, 0.1) is 0 Å². The number of rotatable bonds is 5. The number of hydrogen-bond donors (Lipinski definition) is 1. The van der Waals surface area contributed by atoms with Crippen molar-refractivity contribution >= 4 is 0 Å². The Morgan fingerprint density at radius 2 is 1.56 bits per heavy atom. The predicted octanol–water partition coefficient (Wildman–Crippen LogP) is 4.41. The fourth-order valence-corrected chi connectivity index (χ4v) is 1.90. The Balaban J connectivity index is 2.70. The van der Waals surface area contributed by atoms with Gasteiger partial charge in [0.2, 0.25) is 0 Å². The van der Waals surface area contributed by atoms with Crippen molar-refractivity contribution in [3.8, 4) is 0 Å². The standard InChI is InChI=1S/C14H20F3N/c1-10(2)11-4-6-12(7-5-11)13(18-3)8-9-14(15,16)17/h4-7,10,13,18H,8-9H2,1-3H3. The van der Waals surface area contributed by atoms with Gasteiger partial charge in [-0.1, -0.05) is 38.1 Å². The van der Waals surface area contributed by atoms with Gasteiger partial charge in [0.15, 0.2) is 0 Å². The molecule has 0 spiro atoms. The molecule has 1 atom stereocenters. The summed E-state index contributed by atoms with van der Waals surface area (Å²) in [5.41, 5.74) is 2.11. The highest BCUT2D eigenvalue weighted by Gasteiger charge is 2.28. The fraction of sp³-hybridized carbons (Fsp3) is 0.571. The summed E-state index contributed by atoms with van der Waals surface area (Å²) < 4.78 is 36.6. The van der Waals surface area contributed by atoms with Crippen molar-refractivity contribution in [3.05, 3.63) is 35.4 Å². The van der Waals surface area contributed by atoms with Gasteiger partial charge in [-0.3, -0.25) is 0 Å². The topological polar surface area (TPSA) is 12.0 Å². The van der Waals surface area contributed by atoms with Crippen molar-refractivity contribution < 1.29 is 13.2 Å². The Kier molecular flexibility index (Phi) is 5.20. The van der Waals surface area contributed by atoms with Gasteiger partial charge in [0, 0.05) is 12.5 Å². The van der Waals surface area contributed by atoms with E-state index in [2.05, 4.69) is 19.2 Å². The van der Waals surface area contributed by atoms with Gasteiger partial charge >= 0.3 is 6.18 Å². The van der Waals surface area contributed by atoms with Crippen LogP contribution < -0.4 is 5.32 Å². The molecule has 1 aromatic rings. The first-order valence-electron chi connectivity index (χ1n) is 6.17. The van der Waals surface area contributed by atoms with E-state index >= 15 is 0 Å². The van der Waals surface area contributed by atoms with E-state index in [-0.39, 0.29) is 12.5 Å². The zero-order chi connectivity index (χ0) is 13.8. The molecule has 102 valence electrons. The van der Waals surface area contributed by atoms with Crippen molar-refractivity contribution in [1.29, 1.82) is 0 Å². The third kappa shape index (κ3) is 4.69. The second-order valence-corrected chi connectivity index (χ2v) is 4.82. The molecule has 18 heavy (non-hydrogen) atoms. The molecule has 0 radical (unpaired) electrons. The maximum atomic E-state index is 12.2. The molecule has 4 heteroatoms. The van der Waals surface area contributed by atoms with Gasteiger partial charge in [0.25, 0.3) is 0 Å². The molecule has 0 heterocycles. The lowest BCUT2D eigenvalue weighted by Crippen LogP contribution is -2.19. The van der Waals surface area contributed by atoms with Gasteiger partial charge in [-0.05, 0) is 30.5 Å². The van der Waals surface area contributed by atoms with Crippen molar-refractivity contribution in [2.24, 2.45) is 0 Å². The van der Waals surface area contributed by atoms with E-state index in [0.717, 1.165) is 5.56 Å². The minimum atomic E-state index is -4.09. The van der Waals surface area contributed by atoms with Crippen LogP contribution in [0, 0.1) is 0 Å². The highest BCUT2D eigenvalue weighted by atomic mass is 19.4. The van der Waals surface area contributed by atoms with Crippen molar-refractivity contribution in [2.45, 2.75) is 44.8 Å². The number of hydrogen-bond acceptors (Lipinski definition) is 1. The second kappa shape index (κ2) is 6.23. The van der Waals surface area contributed by atoms with Crippen molar-refractivity contribution in [3.63, 3.8) is 0 Å². The van der Waals surface area contributed by atoms with Crippen LogP contribution in [0.4, 0.5) is 13.2 Å². The van der Waals surface area contributed by atoms with E-state index in [1.54, 1.807) is 7.05 Å². The van der Waals surface area contributed by atoms with Crippen LogP contribution in [0.15, 0.2) is 24.3 Å². The Labute approximate surface area is 106 Å². The summed E-state index contributed by atoms with van der Waals surface area (Å²) in [4.78, 5) is 0. The Hall–Kier alpha value is -1.03. The Morgan fingerprint density at radius 3 is 1.94 bits per heavy atom. The molecule has 1 rings (SSSR count). The first-order chi connectivity index (χ1) is 8.33. The van der Waals surface area contributed by atoms with E-state index in [0.29, 0.717) is 5.92 Å². The quantitative estimate of drug-likeness (QED) is 0.825. The van der Waals surface area contributed by atoms with E-state index in [9.17, 15) is 13.2 Å². The lowest BCUT2D eigenvalue weighted by Gasteiger charge is -2.18. The third-order valence-electron chi connectivity index (χ3n) is 3.07. The molecule has 1 aromatic carbocycles. The molecule has 1 N–H and O–H groups in total. The summed E-state index contributed by atoms with van der Waals surface area (Å²) in [6, 6.07) is 7.54. The molecular weight excluding hydrogens is 239 g/mol. The molecule has 0 amide bonds. The Bertz CT molecular complexity index is 354. The molecule has 0 fully saturated rings. The van der Waals surface area contributed by atoms with E-state index in [4.69, 9.17) is 0 Å². The van der Waals surface area contributed by atoms with Crippen LogP contribution in [0.5, 0.6) is 0 Å². The van der Waals surface area contributed by atoms with E-state index < -0.39 is 12.6 Å². The molecule has 0 aliphatic carbocycles. The summed E-state index contributed by atoms with van der Waals surface area (Å²) in [6.07, 6.45) is -4.78. The zero-order valence-corrected chi connectivity index (χ0v) is 11.0. The van der Waals surface area contributed by atoms with Crippen LogP contribution in [0.1, 0.15) is 49.8 Å². The van der Waals surface area contributed by atoms with Crippen LogP contribution in [0.2, 0.25) is 0 Å². The molecule has 0 aliphatic heterocycles. The average molecular weight is 259 g/mol. The second-order valence-electron chi connectivity index (χ2n) is 4.82. The molecule has 0 aliphatic rings. The zero-order valence-electron chi connectivity index (χ0n) is 11.0. The number of halogens is 3. The lowest BCUT2D eigenvalue weighted by molar-refractivity contribution is -0.136. The summed E-state index contributed by atoms with van der Waals surface area (Å²) in [6.45, 7) is 4.18. The molecule has 1 nitrogen and oxygen atoms in total. The van der Waals surface area contributed by atoms with E-state index in [1.807, 2.05) is 24.3 Å². The molecule has 0 aromatic heterocycles. The normalized spacial score (nSPS) is 13.9. The molecular formula is C14H20F3N. The molecule has 0 saturated heterocycles. The third-order valence-corrected chi connectivity index (χ3v) is 3.07. The monoisotopic (exact) mass is 259 g/mol. The highest BCUT2D eigenvalue weighted by Crippen LogP contribution is 2.28. The van der Waals surface area contributed by atoms with Crippen LogP contribution in [0.25, 0.3) is 0 Å². The molecule has 0 bridgehead atoms. The maximum Gasteiger partial charge on any atom is 0.389 e. The average Bonchev–Trinajstić information content (AvgIpc) is 2.29. The van der Waals surface area contributed by atoms with Gasteiger partial charge in [-0.2, -0.15) is 13.2 Å². The van der Waals surface area contributed by atoms with Crippen molar-refractivity contribution in [1.82, 2.24) is 5.32 Å². The summed E-state index contributed by atoms with van der Waals surface area (Å²) in [5.74, 6) is 0.433. The van der Waals surface area contributed by atoms with Crippen LogP contribution in [-0.4, -0.2) is 13.2 Å². The van der Waals surface area contributed by atoms with Crippen molar-refractivity contribution in [2.75, 3.05) is 7.05 Å². The van der Waals surface area contributed by atoms with Gasteiger partial charge < -0.3 is 5.32 Å². The smallest absolute Gasteiger partial charge is 0.313 e. The first-order valence-corrected chi connectivity index (χ1v) is 6.17. The fourth-order valence-electron chi connectivity index (χ4n) is 1.90. The molecule has 0 saturated carbocycles. The lowest BCUT2D eigenvalue weighted by atomic mass is 9.97. The van der Waals surface area contributed by atoms with Gasteiger partial charge in [-0.15, -0.1) is 0 Å². The summed E-state index contributed by atoms with van der Waals surface area (Å²) in [7, 11) is 1.69. The van der Waals surface area contributed by atoms with Crippen LogP contribution in [0.3, 0.4) is 0 Å². The minimum Gasteiger partial charge on any atom is -0.313 e. The van der Waals surface area contributed by atoms with Crippen LogP contribution >= 0.6 is 0 Å². The molecule has 1 unspecified atom stereocenters. The summed E-state index contributed by atoms with van der Waals surface area (Å²) >= 11 is 0.